The number of halogens is 2. The fourth-order valence-electron chi connectivity index (χ4n) is 1.67. The van der Waals surface area contributed by atoms with E-state index in [1.165, 1.54) is 0 Å². The zero-order valence-electron chi connectivity index (χ0n) is 9.65. The SMILES string of the molecule is CC(Cc1ccc2cc(F)c(F)cc2n1)C(=O)O. The first-order valence-corrected chi connectivity index (χ1v) is 5.45. The zero-order chi connectivity index (χ0) is 13.3. The first-order valence-electron chi connectivity index (χ1n) is 5.45. The van der Waals surface area contributed by atoms with Crippen molar-refractivity contribution in [1.29, 1.82) is 0 Å². The van der Waals surface area contributed by atoms with E-state index in [-0.39, 0.29) is 6.42 Å². The lowest BCUT2D eigenvalue weighted by molar-refractivity contribution is -0.141. The number of pyridine rings is 1. The molecule has 18 heavy (non-hydrogen) atoms. The predicted octanol–water partition coefficient (Wildman–Crippen LogP) is 2.78. The van der Waals surface area contributed by atoms with Crippen LogP contribution in [0.2, 0.25) is 0 Å². The van der Waals surface area contributed by atoms with Gasteiger partial charge in [-0.2, -0.15) is 0 Å². The first kappa shape index (κ1) is 12.4. The first-order chi connectivity index (χ1) is 8.47. The lowest BCUT2D eigenvalue weighted by Gasteiger charge is -2.06. The second-order valence-corrected chi connectivity index (χ2v) is 4.21. The molecule has 5 heteroatoms. The van der Waals surface area contributed by atoms with Gasteiger partial charge < -0.3 is 5.11 Å². The summed E-state index contributed by atoms with van der Waals surface area (Å²) in [5, 5.41) is 9.29. The van der Waals surface area contributed by atoms with E-state index in [0.717, 1.165) is 12.1 Å². The van der Waals surface area contributed by atoms with Crippen molar-refractivity contribution in [3.8, 4) is 0 Å². The third kappa shape index (κ3) is 2.45. The van der Waals surface area contributed by atoms with Gasteiger partial charge in [0, 0.05) is 23.6 Å². The number of benzene rings is 1. The van der Waals surface area contributed by atoms with Gasteiger partial charge in [0.1, 0.15) is 0 Å². The van der Waals surface area contributed by atoms with Crippen LogP contribution in [0.1, 0.15) is 12.6 Å². The maximum absolute atomic E-state index is 13.1. The van der Waals surface area contributed by atoms with Crippen LogP contribution in [0.3, 0.4) is 0 Å². The van der Waals surface area contributed by atoms with E-state index < -0.39 is 23.5 Å². The molecule has 0 spiro atoms. The van der Waals surface area contributed by atoms with E-state index in [9.17, 15) is 13.6 Å². The third-order valence-corrected chi connectivity index (χ3v) is 2.73. The van der Waals surface area contributed by atoms with Crippen molar-refractivity contribution in [1.82, 2.24) is 4.98 Å². The Balaban J connectivity index is 2.38. The lowest BCUT2D eigenvalue weighted by Crippen LogP contribution is -2.13. The number of carbonyl (C=O) groups is 1. The lowest BCUT2D eigenvalue weighted by atomic mass is 10.0. The minimum absolute atomic E-state index is 0.254. The molecule has 1 N–H and O–H groups in total. The highest BCUT2D eigenvalue weighted by Gasteiger charge is 2.13. The highest BCUT2D eigenvalue weighted by molar-refractivity contribution is 5.79. The van der Waals surface area contributed by atoms with Gasteiger partial charge in [-0.3, -0.25) is 9.78 Å². The molecule has 0 aliphatic carbocycles. The number of nitrogens with zero attached hydrogens (tertiary/aromatic N) is 1. The molecule has 2 aromatic rings. The summed E-state index contributed by atoms with van der Waals surface area (Å²) < 4.78 is 26.0. The van der Waals surface area contributed by atoms with Crippen molar-refractivity contribution in [2.75, 3.05) is 0 Å². The fourth-order valence-corrected chi connectivity index (χ4v) is 1.67. The van der Waals surface area contributed by atoms with E-state index in [4.69, 9.17) is 5.11 Å². The molecule has 0 fully saturated rings. The van der Waals surface area contributed by atoms with Gasteiger partial charge in [0.15, 0.2) is 11.6 Å². The second kappa shape index (κ2) is 4.68. The Morgan fingerprint density at radius 1 is 1.33 bits per heavy atom. The largest absolute Gasteiger partial charge is 0.481 e. The van der Waals surface area contributed by atoms with Crippen LogP contribution >= 0.6 is 0 Å². The van der Waals surface area contributed by atoms with Gasteiger partial charge in [0.05, 0.1) is 11.4 Å². The molecule has 0 bridgehead atoms. The summed E-state index contributed by atoms with van der Waals surface area (Å²) in [7, 11) is 0. The number of fused-ring (bicyclic) bond motifs is 1. The van der Waals surface area contributed by atoms with Crippen LogP contribution in [0.4, 0.5) is 8.78 Å². The monoisotopic (exact) mass is 251 g/mol. The number of hydrogen-bond donors (Lipinski definition) is 1. The standard InChI is InChI=1S/C13H11F2NO2/c1-7(13(17)18)4-9-3-2-8-5-10(14)11(15)6-12(8)16-9/h2-3,5-7H,4H2,1H3,(H,17,18). The van der Waals surface area contributed by atoms with Crippen molar-refractivity contribution in [3.63, 3.8) is 0 Å². The van der Waals surface area contributed by atoms with E-state index >= 15 is 0 Å². The minimum Gasteiger partial charge on any atom is -0.481 e. The fraction of sp³-hybridized carbons (Fsp3) is 0.231. The molecule has 0 aliphatic rings. The number of carboxylic acid groups (broad SMARTS) is 1. The molecule has 0 amide bonds. The summed E-state index contributed by atoms with van der Waals surface area (Å²) in [6.45, 7) is 1.57. The Morgan fingerprint density at radius 3 is 2.67 bits per heavy atom. The van der Waals surface area contributed by atoms with Crippen molar-refractivity contribution in [2.24, 2.45) is 5.92 Å². The number of carboxylic acids is 1. The molecule has 3 nitrogen and oxygen atoms in total. The van der Waals surface area contributed by atoms with E-state index in [2.05, 4.69) is 4.98 Å². The molecule has 0 aliphatic heterocycles. The van der Waals surface area contributed by atoms with Gasteiger partial charge in [0.25, 0.3) is 0 Å². The van der Waals surface area contributed by atoms with Crippen LogP contribution in [0, 0.1) is 17.6 Å². The summed E-state index contributed by atoms with van der Waals surface area (Å²) in [6.07, 6.45) is 0.254. The Kier molecular flexibility index (Phi) is 3.23. The smallest absolute Gasteiger partial charge is 0.306 e. The van der Waals surface area contributed by atoms with E-state index in [0.29, 0.717) is 16.6 Å². The Hall–Kier alpha value is -2.04. The molecule has 0 saturated heterocycles. The number of rotatable bonds is 3. The molecule has 1 heterocycles. The van der Waals surface area contributed by atoms with Crippen LogP contribution in [0.25, 0.3) is 10.9 Å². The maximum Gasteiger partial charge on any atom is 0.306 e. The molecule has 2 rings (SSSR count). The molecular formula is C13H11F2NO2. The van der Waals surface area contributed by atoms with Gasteiger partial charge in [-0.15, -0.1) is 0 Å². The van der Waals surface area contributed by atoms with Crippen LogP contribution in [0.15, 0.2) is 24.3 Å². The van der Waals surface area contributed by atoms with Crippen LogP contribution in [-0.4, -0.2) is 16.1 Å². The third-order valence-electron chi connectivity index (χ3n) is 2.73. The van der Waals surface area contributed by atoms with Gasteiger partial charge in [0.2, 0.25) is 0 Å². The number of aliphatic carboxylic acids is 1. The van der Waals surface area contributed by atoms with Crippen LogP contribution < -0.4 is 0 Å². The highest BCUT2D eigenvalue weighted by Crippen LogP contribution is 2.18. The van der Waals surface area contributed by atoms with Crippen molar-refractivity contribution in [3.05, 3.63) is 41.6 Å². The van der Waals surface area contributed by atoms with Crippen molar-refractivity contribution >= 4 is 16.9 Å². The van der Waals surface area contributed by atoms with Crippen LogP contribution in [-0.2, 0) is 11.2 Å². The minimum atomic E-state index is -0.960. The van der Waals surface area contributed by atoms with Gasteiger partial charge in [-0.05, 0) is 12.1 Å². The quantitative estimate of drug-likeness (QED) is 0.912. The summed E-state index contributed by atoms with van der Waals surface area (Å²) >= 11 is 0. The average molecular weight is 251 g/mol. The van der Waals surface area contributed by atoms with E-state index in [1.54, 1.807) is 19.1 Å². The number of hydrogen-bond acceptors (Lipinski definition) is 2. The molecule has 0 radical (unpaired) electrons. The summed E-state index contributed by atoms with van der Waals surface area (Å²) in [5.74, 6) is -3.36. The molecule has 1 atom stereocenters. The van der Waals surface area contributed by atoms with Gasteiger partial charge in [-0.25, -0.2) is 8.78 Å². The molecule has 1 aromatic carbocycles. The number of aromatic nitrogens is 1. The molecular weight excluding hydrogens is 240 g/mol. The Labute approximate surface area is 102 Å². The molecule has 94 valence electrons. The average Bonchev–Trinajstić information content (AvgIpc) is 2.31. The molecule has 0 saturated carbocycles. The maximum atomic E-state index is 13.1. The van der Waals surface area contributed by atoms with Gasteiger partial charge >= 0.3 is 5.97 Å². The normalized spacial score (nSPS) is 12.6. The highest BCUT2D eigenvalue weighted by atomic mass is 19.2. The summed E-state index contributed by atoms with van der Waals surface area (Å²) in [6, 6.07) is 5.32. The van der Waals surface area contributed by atoms with Crippen molar-refractivity contribution < 1.29 is 18.7 Å². The predicted molar refractivity (Wildman–Crippen MR) is 62.2 cm³/mol. The molecule has 1 aromatic heterocycles. The molecule has 1 unspecified atom stereocenters. The summed E-state index contributed by atoms with van der Waals surface area (Å²) in [4.78, 5) is 14.9. The topological polar surface area (TPSA) is 50.2 Å². The van der Waals surface area contributed by atoms with Crippen LogP contribution in [0.5, 0.6) is 0 Å². The zero-order valence-corrected chi connectivity index (χ0v) is 9.65. The summed E-state index contributed by atoms with van der Waals surface area (Å²) in [5.41, 5.74) is 0.868. The van der Waals surface area contributed by atoms with Gasteiger partial charge in [-0.1, -0.05) is 13.0 Å². The second-order valence-electron chi connectivity index (χ2n) is 4.21. The van der Waals surface area contributed by atoms with Crippen molar-refractivity contribution in [2.45, 2.75) is 13.3 Å². The Bertz CT molecular complexity index is 613. The Morgan fingerprint density at radius 2 is 2.00 bits per heavy atom. The van der Waals surface area contributed by atoms with E-state index in [1.807, 2.05) is 0 Å².